The molecule has 1 aliphatic heterocycles. The van der Waals surface area contributed by atoms with E-state index in [0.29, 0.717) is 22.7 Å². The molecular formula is C17H15BrF3NO4. The minimum Gasteiger partial charge on any atom is -0.465 e. The summed E-state index contributed by atoms with van der Waals surface area (Å²) in [6.45, 7) is -1.58. The number of fused-ring (bicyclic) bond motifs is 1. The Morgan fingerprint density at radius 2 is 2.12 bits per heavy atom. The van der Waals surface area contributed by atoms with Crippen molar-refractivity contribution in [2.75, 3.05) is 19.7 Å². The fourth-order valence-electron chi connectivity index (χ4n) is 2.86. The van der Waals surface area contributed by atoms with Crippen LogP contribution in [0.25, 0.3) is 11.0 Å². The number of carbonyl (C=O) groups excluding carboxylic acids is 2. The molecule has 1 amide bonds. The summed E-state index contributed by atoms with van der Waals surface area (Å²) in [5.74, 6) is -1.59. The average molecular weight is 434 g/mol. The van der Waals surface area contributed by atoms with Crippen LogP contribution in [0.4, 0.5) is 13.2 Å². The minimum absolute atomic E-state index is 0.0315. The van der Waals surface area contributed by atoms with Gasteiger partial charge in [-0.25, -0.2) is 0 Å². The molecule has 26 heavy (non-hydrogen) atoms. The average Bonchev–Trinajstić information content (AvgIpc) is 3.09. The van der Waals surface area contributed by atoms with E-state index in [0.717, 1.165) is 9.86 Å². The normalized spacial score (nSPS) is 17.9. The molecule has 0 spiro atoms. The molecule has 1 aromatic heterocycles. The van der Waals surface area contributed by atoms with Crippen molar-refractivity contribution in [2.45, 2.75) is 19.0 Å². The number of benzene rings is 1. The van der Waals surface area contributed by atoms with Crippen molar-refractivity contribution in [1.82, 2.24) is 4.90 Å². The Hall–Kier alpha value is -2.03. The van der Waals surface area contributed by atoms with Gasteiger partial charge in [-0.15, -0.1) is 0 Å². The van der Waals surface area contributed by atoms with Gasteiger partial charge in [-0.2, -0.15) is 13.2 Å². The van der Waals surface area contributed by atoms with Crippen LogP contribution in [0, 0.1) is 5.92 Å². The molecule has 2 aromatic rings. The third kappa shape index (κ3) is 4.57. The molecule has 140 valence electrons. The Kier molecular flexibility index (Phi) is 5.27. The van der Waals surface area contributed by atoms with E-state index in [1.807, 2.05) is 24.3 Å². The lowest BCUT2D eigenvalue weighted by Gasteiger charge is -2.18. The summed E-state index contributed by atoms with van der Waals surface area (Å²) in [6, 6.07) is 7.39. The summed E-state index contributed by atoms with van der Waals surface area (Å²) < 4.78 is 48.8. The van der Waals surface area contributed by atoms with Crippen LogP contribution < -0.4 is 0 Å². The van der Waals surface area contributed by atoms with Gasteiger partial charge in [0.1, 0.15) is 17.9 Å². The van der Waals surface area contributed by atoms with E-state index in [9.17, 15) is 22.8 Å². The second-order valence-corrected chi connectivity index (χ2v) is 7.02. The van der Waals surface area contributed by atoms with Crippen molar-refractivity contribution in [3.05, 3.63) is 34.5 Å². The summed E-state index contributed by atoms with van der Waals surface area (Å²) in [5.41, 5.74) is 0.707. The van der Waals surface area contributed by atoms with E-state index in [2.05, 4.69) is 15.9 Å². The number of amides is 1. The molecule has 1 aliphatic rings. The Bertz CT molecular complexity index is 833. The van der Waals surface area contributed by atoms with E-state index in [1.54, 1.807) is 0 Å². The van der Waals surface area contributed by atoms with Crippen LogP contribution >= 0.6 is 15.9 Å². The molecule has 1 saturated heterocycles. The first-order valence-corrected chi connectivity index (χ1v) is 8.70. The van der Waals surface area contributed by atoms with Crippen molar-refractivity contribution >= 4 is 38.8 Å². The van der Waals surface area contributed by atoms with Gasteiger partial charge >= 0.3 is 12.1 Å². The van der Waals surface area contributed by atoms with Crippen LogP contribution in [0.5, 0.6) is 0 Å². The standard InChI is InChI=1S/C17H15BrF3NO4/c18-12-1-2-14-10(5-12)6-13(26-14)3-4-25-16(24)11-7-15(23)22(8-11)9-17(19,20)21/h1-2,5-6,11H,3-4,7-9H2. The van der Waals surface area contributed by atoms with Gasteiger partial charge in [0.05, 0.1) is 12.5 Å². The predicted octanol–water partition coefficient (Wildman–Crippen LogP) is 3.69. The highest BCUT2D eigenvalue weighted by atomic mass is 79.9. The third-order valence-corrected chi connectivity index (χ3v) is 4.53. The topological polar surface area (TPSA) is 59.8 Å². The first-order chi connectivity index (χ1) is 12.2. The van der Waals surface area contributed by atoms with Crippen molar-refractivity contribution in [2.24, 2.45) is 5.92 Å². The van der Waals surface area contributed by atoms with Gasteiger partial charge in [0.25, 0.3) is 0 Å². The zero-order valence-electron chi connectivity index (χ0n) is 13.5. The highest BCUT2D eigenvalue weighted by Crippen LogP contribution is 2.25. The fraction of sp³-hybridized carbons (Fsp3) is 0.412. The van der Waals surface area contributed by atoms with Crippen molar-refractivity contribution < 1.29 is 31.9 Å². The highest BCUT2D eigenvalue weighted by molar-refractivity contribution is 9.10. The molecule has 1 aromatic carbocycles. The number of rotatable bonds is 5. The number of halogens is 4. The molecular weight excluding hydrogens is 419 g/mol. The zero-order valence-corrected chi connectivity index (χ0v) is 15.1. The molecule has 0 N–H and O–H groups in total. The number of alkyl halides is 3. The number of ether oxygens (including phenoxy) is 1. The van der Waals surface area contributed by atoms with Crippen LogP contribution in [0.3, 0.4) is 0 Å². The molecule has 0 radical (unpaired) electrons. The van der Waals surface area contributed by atoms with Crippen LogP contribution in [-0.4, -0.2) is 42.6 Å². The SMILES string of the molecule is O=C(OCCc1cc2cc(Br)ccc2o1)C1CC(=O)N(CC(F)(F)F)C1. The smallest absolute Gasteiger partial charge is 0.406 e. The van der Waals surface area contributed by atoms with Crippen LogP contribution in [0.2, 0.25) is 0 Å². The molecule has 5 nitrogen and oxygen atoms in total. The molecule has 1 unspecified atom stereocenters. The Balaban J connectivity index is 1.50. The van der Waals surface area contributed by atoms with Gasteiger partial charge in [0.15, 0.2) is 0 Å². The lowest BCUT2D eigenvalue weighted by Crippen LogP contribution is -2.35. The summed E-state index contributed by atoms with van der Waals surface area (Å²) in [7, 11) is 0. The third-order valence-electron chi connectivity index (χ3n) is 4.04. The monoisotopic (exact) mass is 433 g/mol. The predicted molar refractivity (Wildman–Crippen MR) is 89.3 cm³/mol. The fourth-order valence-corrected chi connectivity index (χ4v) is 3.24. The van der Waals surface area contributed by atoms with Crippen molar-refractivity contribution in [3.63, 3.8) is 0 Å². The van der Waals surface area contributed by atoms with Crippen LogP contribution in [0.1, 0.15) is 12.2 Å². The quantitative estimate of drug-likeness (QED) is 0.674. The van der Waals surface area contributed by atoms with Crippen molar-refractivity contribution in [1.29, 1.82) is 0 Å². The number of likely N-dealkylation sites (tertiary alicyclic amines) is 1. The molecule has 0 saturated carbocycles. The molecule has 9 heteroatoms. The molecule has 1 fully saturated rings. The summed E-state index contributed by atoms with van der Waals surface area (Å²) in [5, 5.41) is 0.907. The van der Waals surface area contributed by atoms with E-state index in [-0.39, 0.29) is 19.6 Å². The number of nitrogens with zero attached hydrogens (tertiary/aromatic N) is 1. The Labute approximate surface area is 155 Å². The minimum atomic E-state index is -4.48. The lowest BCUT2D eigenvalue weighted by atomic mass is 10.1. The largest absolute Gasteiger partial charge is 0.465 e. The number of hydrogen-bond acceptors (Lipinski definition) is 4. The van der Waals surface area contributed by atoms with Gasteiger partial charge in [-0.1, -0.05) is 15.9 Å². The molecule has 0 aliphatic carbocycles. The second-order valence-electron chi connectivity index (χ2n) is 6.10. The highest BCUT2D eigenvalue weighted by Gasteiger charge is 2.41. The maximum atomic E-state index is 12.4. The zero-order chi connectivity index (χ0) is 18.9. The summed E-state index contributed by atoms with van der Waals surface area (Å²) >= 11 is 3.37. The Morgan fingerprint density at radius 1 is 1.35 bits per heavy atom. The summed E-state index contributed by atoms with van der Waals surface area (Å²) in [6.07, 6.45) is -4.40. The number of esters is 1. The molecule has 1 atom stereocenters. The van der Waals surface area contributed by atoms with Gasteiger partial charge in [0, 0.05) is 29.2 Å². The summed E-state index contributed by atoms with van der Waals surface area (Å²) in [4.78, 5) is 24.2. The van der Waals surface area contributed by atoms with Gasteiger partial charge in [-0.3, -0.25) is 9.59 Å². The van der Waals surface area contributed by atoms with Crippen LogP contribution in [-0.2, 0) is 20.7 Å². The number of furan rings is 1. The van der Waals surface area contributed by atoms with E-state index >= 15 is 0 Å². The van der Waals surface area contributed by atoms with Gasteiger partial charge < -0.3 is 14.1 Å². The number of carbonyl (C=O) groups is 2. The maximum absolute atomic E-state index is 12.4. The Morgan fingerprint density at radius 3 is 2.85 bits per heavy atom. The van der Waals surface area contributed by atoms with Gasteiger partial charge in [-0.05, 0) is 24.3 Å². The second kappa shape index (κ2) is 7.30. The first-order valence-electron chi connectivity index (χ1n) is 7.90. The molecule has 3 rings (SSSR count). The molecule has 0 bridgehead atoms. The van der Waals surface area contributed by atoms with Gasteiger partial charge in [0.2, 0.25) is 5.91 Å². The number of hydrogen-bond donors (Lipinski definition) is 0. The maximum Gasteiger partial charge on any atom is 0.406 e. The first kappa shape index (κ1) is 18.8. The lowest BCUT2D eigenvalue weighted by molar-refractivity contribution is -0.158. The van der Waals surface area contributed by atoms with E-state index in [1.165, 1.54) is 0 Å². The van der Waals surface area contributed by atoms with Crippen LogP contribution in [0.15, 0.2) is 33.2 Å². The molecule has 2 heterocycles. The van der Waals surface area contributed by atoms with E-state index < -0.39 is 30.5 Å². The van der Waals surface area contributed by atoms with Crippen molar-refractivity contribution in [3.8, 4) is 0 Å². The van der Waals surface area contributed by atoms with E-state index in [4.69, 9.17) is 9.15 Å².